The molecule has 0 saturated carbocycles. The van der Waals surface area contributed by atoms with Crippen LogP contribution in [0.5, 0.6) is 5.75 Å². The van der Waals surface area contributed by atoms with Gasteiger partial charge in [-0.25, -0.2) is 0 Å². The zero-order valence-electron chi connectivity index (χ0n) is 31.8. The van der Waals surface area contributed by atoms with E-state index in [0.29, 0.717) is 25.1 Å². The summed E-state index contributed by atoms with van der Waals surface area (Å²) in [6.07, 6.45) is 15.1. The lowest BCUT2D eigenvalue weighted by Crippen LogP contribution is -2.44. The molecular formula is C44H64N2O6. The Bertz CT molecular complexity index is 1450. The standard InChI is InChI=1S/C44H64N2O6/c1-4-5-6-7-8-9-10-11-12-13-14-15-16-23-42(50)45-38-21-17-20-37(28-38)44-51-41(31-46(3)30-40(49)36-19-18-22-39(48)29-36)33(2)43(52-44)35-26-24-34(32-47)25-27-35/h17-22,24-29,33,40-41,43-44,47-49H,4-16,23,30-32H2,1-3H3,(H,45,50). The second-order valence-corrected chi connectivity index (χ2v) is 14.8. The minimum atomic E-state index is -0.773. The summed E-state index contributed by atoms with van der Waals surface area (Å²) in [4.78, 5) is 14.9. The Morgan fingerprint density at radius 1 is 0.808 bits per heavy atom. The highest BCUT2D eigenvalue weighted by atomic mass is 16.7. The van der Waals surface area contributed by atoms with Crippen LogP contribution in [0.15, 0.2) is 72.8 Å². The molecule has 1 aliphatic heterocycles. The van der Waals surface area contributed by atoms with E-state index in [-0.39, 0.29) is 36.4 Å². The van der Waals surface area contributed by atoms with Crippen LogP contribution in [-0.4, -0.2) is 52.4 Å². The molecule has 5 unspecified atom stereocenters. The molecule has 0 aliphatic carbocycles. The third kappa shape index (κ3) is 13.9. The number of hydrogen-bond donors (Lipinski definition) is 4. The number of aromatic hydroxyl groups is 1. The van der Waals surface area contributed by atoms with Gasteiger partial charge in [-0.15, -0.1) is 0 Å². The van der Waals surface area contributed by atoms with Gasteiger partial charge in [0.25, 0.3) is 0 Å². The van der Waals surface area contributed by atoms with Gasteiger partial charge in [0.2, 0.25) is 5.91 Å². The largest absolute Gasteiger partial charge is 0.508 e. The van der Waals surface area contributed by atoms with Crippen molar-refractivity contribution in [1.82, 2.24) is 4.90 Å². The Morgan fingerprint density at radius 3 is 2.08 bits per heavy atom. The van der Waals surface area contributed by atoms with Gasteiger partial charge in [0, 0.05) is 36.7 Å². The number of carbonyl (C=O) groups excluding carboxylic acids is 1. The maximum Gasteiger partial charge on any atom is 0.224 e. The number of carbonyl (C=O) groups is 1. The molecular weight excluding hydrogens is 652 g/mol. The fourth-order valence-corrected chi connectivity index (χ4v) is 7.13. The van der Waals surface area contributed by atoms with Gasteiger partial charge in [-0.3, -0.25) is 4.79 Å². The van der Waals surface area contributed by atoms with Crippen LogP contribution in [0.2, 0.25) is 0 Å². The van der Waals surface area contributed by atoms with E-state index in [4.69, 9.17) is 9.47 Å². The highest BCUT2D eigenvalue weighted by Gasteiger charge is 2.39. The molecule has 8 nitrogen and oxygen atoms in total. The van der Waals surface area contributed by atoms with Gasteiger partial charge in [0.15, 0.2) is 6.29 Å². The van der Waals surface area contributed by atoms with Crippen LogP contribution in [0, 0.1) is 5.92 Å². The molecule has 0 radical (unpaired) electrons. The van der Waals surface area contributed by atoms with Crippen molar-refractivity contribution in [3.63, 3.8) is 0 Å². The van der Waals surface area contributed by atoms with Crippen molar-refractivity contribution in [3.8, 4) is 5.75 Å². The van der Waals surface area contributed by atoms with Crippen LogP contribution in [0.3, 0.4) is 0 Å². The maximum atomic E-state index is 12.9. The number of rotatable bonds is 23. The summed E-state index contributed by atoms with van der Waals surface area (Å²) < 4.78 is 13.3. The van der Waals surface area contributed by atoms with E-state index < -0.39 is 12.4 Å². The number of amides is 1. The minimum absolute atomic E-state index is 0.0194. The zero-order valence-corrected chi connectivity index (χ0v) is 31.8. The molecule has 5 atom stereocenters. The SMILES string of the molecule is CCCCCCCCCCCCCCCC(=O)Nc1cccc(C2OC(CN(C)CC(O)c3cccc(O)c3)C(C)C(c3ccc(CO)cc3)O2)c1. The molecule has 8 heteroatoms. The predicted molar refractivity (Wildman–Crippen MR) is 209 cm³/mol. The zero-order chi connectivity index (χ0) is 37.1. The average Bonchev–Trinajstić information content (AvgIpc) is 3.14. The van der Waals surface area contributed by atoms with Gasteiger partial charge >= 0.3 is 0 Å². The molecule has 0 bridgehead atoms. The normalized spacial score (nSPS) is 19.5. The summed E-state index contributed by atoms with van der Waals surface area (Å²) in [5.74, 6) is 0.113. The predicted octanol–water partition coefficient (Wildman–Crippen LogP) is 9.76. The molecule has 286 valence electrons. The van der Waals surface area contributed by atoms with E-state index in [0.717, 1.165) is 35.2 Å². The number of phenols is 1. The molecule has 4 N–H and O–H groups in total. The number of aliphatic hydroxyl groups is 2. The fourth-order valence-electron chi connectivity index (χ4n) is 7.13. The van der Waals surface area contributed by atoms with Gasteiger partial charge in [-0.2, -0.15) is 0 Å². The Morgan fingerprint density at radius 2 is 1.44 bits per heavy atom. The van der Waals surface area contributed by atoms with Crippen molar-refractivity contribution in [2.24, 2.45) is 5.92 Å². The number of unbranched alkanes of at least 4 members (excludes halogenated alkanes) is 12. The Hall–Kier alpha value is -3.27. The maximum absolute atomic E-state index is 12.9. The molecule has 1 saturated heterocycles. The van der Waals surface area contributed by atoms with Crippen LogP contribution in [-0.2, 0) is 20.9 Å². The second-order valence-electron chi connectivity index (χ2n) is 14.8. The van der Waals surface area contributed by atoms with E-state index in [1.165, 1.54) is 70.6 Å². The number of benzene rings is 3. The van der Waals surface area contributed by atoms with Crippen molar-refractivity contribution in [1.29, 1.82) is 0 Å². The lowest BCUT2D eigenvalue weighted by molar-refractivity contribution is -0.276. The van der Waals surface area contributed by atoms with Crippen LogP contribution in [0.1, 0.15) is 144 Å². The number of nitrogens with one attached hydrogen (secondary N) is 1. The number of anilines is 1. The van der Waals surface area contributed by atoms with Crippen molar-refractivity contribution in [2.45, 2.75) is 135 Å². The van der Waals surface area contributed by atoms with Gasteiger partial charge in [0.1, 0.15) is 5.75 Å². The average molecular weight is 717 g/mol. The summed E-state index contributed by atoms with van der Waals surface area (Å²) in [6.45, 7) is 5.24. The van der Waals surface area contributed by atoms with E-state index in [1.807, 2.05) is 60.5 Å². The highest BCUT2D eigenvalue weighted by molar-refractivity contribution is 5.90. The van der Waals surface area contributed by atoms with E-state index in [9.17, 15) is 20.1 Å². The topological polar surface area (TPSA) is 111 Å². The van der Waals surface area contributed by atoms with Crippen LogP contribution in [0.4, 0.5) is 5.69 Å². The van der Waals surface area contributed by atoms with E-state index in [2.05, 4.69) is 19.2 Å². The summed E-state index contributed by atoms with van der Waals surface area (Å²) in [5.41, 5.74) is 4.01. The first kappa shape index (κ1) is 41.5. The molecule has 4 rings (SSSR count). The fraction of sp³-hybridized carbons (Fsp3) is 0.568. The number of hydrogen-bond acceptors (Lipinski definition) is 7. The smallest absolute Gasteiger partial charge is 0.224 e. The monoisotopic (exact) mass is 716 g/mol. The first-order valence-corrected chi connectivity index (χ1v) is 19.8. The third-order valence-electron chi connectivity index (χ3n) is 10.3. The van der Waals surface area contributed by atoms with Crippen LogP contribution in [0.25, 0.3) is 0 Å². The lowest BCUT2D eigenvalue weighted by atomic mass is 9.90. The van der Waals surface area contributed by atoms with E-state index >= 15 is 0 Å². The first-order valence-electron chi connectivity index (χ1n) is 19.8. The van der Waals surface area contributed by atoms with Crippen LogP contribution < -0.4 is 5.32 Å². The lowest BCUT2D eigenvalue weighted by Gasteiger charge is -2.42. The second kappa shape index (κ2) is 22.7. The van der Waals surface area contributed by atoms with E-state index in [1.54, 1.807) is 24.3 Å². The summed E-state index contributed by atoms with van der Waals surface area (Å²) in [6, 6.07) is 22.2. The molecule has 3 aromatic rings. The number of likely N-dealkylation sites (N-methyl/N-ethyl adjacent to an activating group) is 1. The number of aliphatic hydroxyl groups excluding tert-OH is 2. The van der Waals surface area contributed by atoms with Crippen molar-refractivity contribution in [3.05, 3.63) is 95.1 Å². The molecule has 1 heterocycles. The number of phenolic OH excluding ortho intramolecular Hbond substituents is 1. The molecule has 0 spiro atoms. The van der Waals surface area contributed by atoms with Crippen molar-refractivity contribution >= 4 is 11.6 Å². The van der Waals surface area contributed by atoms with Crippen LogP contribution >= 0.6 is 0 Å². The van der Waals surface area contributed by atoms with Gasteiger partial charge < -0.3 is 35.0 Å². The Kier molecular flexibility index (Phi) is 18.1. The number of nitrogens with zero attached hydrogens (tertiary/aromatic N) is 1. The molecule has 1 amide bonds. The molecule has 0 aromatic heterocycles. The number of ether oxygens (including phenoxy) is 2. The summed E-state index contributed by atoms with van der Waals surface area (Å²) in [7, 11) is 1.95. The highest BCUT2D eigenvalue weighted by Crippen LogP contribution is 2.42. The molecule has 1 aliphatic rings. The van der Waals surface area contributed by atoms with Gasteiger partial charge in [-0.1, -0.05) is 139 Å². The van der Waals surface area contributed by atoms with Crippen molar-refractivity contribution in [2.75, 3.05) is 25.5 Å². The molecule has 1 fully saturated rings. The Balaban J connectivity index is 1.30. The van der Waals surface area contributed by atoms with Gasteiger partial charge in [-0.05, 0) is 54.4 Å². The minimum Gasteiger partial charge on any atom is -0.508 e. The summed E-state index contributed by atoms with van der Waals surface area (Å²) in [5, 5.41) is 33.5. The third-order valence-corrected chi connectivity index (χ3v) is 10.3. The van der Waals surface area contributed by atoms with Gasteiger partial charge in [0.05, 0.1) is 24.9 Å². The molecule has 3 aromatic carbocycles. The molecule has 52 heavy (non-hydrogen) atoms. The van der Waals surface area contributed by atoms with Crippen molar-refractivity contribution < 1.29 is 29.6 Å². The summed E-state index contributed by atoms with van der Waals surface area (Å²) >= 11 is 0. The Labute approximate surface area is 312 Å². The quantitative estimate of drug-likeness (QED) is 0.0723. The first-order chi connectivity index (χ1) is 25.3.